The van der Waals surface area contributed by atoms with Crippen molar-refractivity contribution in [2.75, 3.05) is 13.6 Å². The summed E-state index contributed by atoms with van der Waals surface area (Å²) in [5.41, 5.74) is 0.700. The Morgan fingerprint density at radius 2 is 1.96 bits per heavy atom. The summed E-state index contributed by atoms with van der Waals surface area (Å²) in [7, 11) is -2.36. The normalized spacial score (nSPS) is 11.3. The van der Waals surface area contributed by atoms with Gasteiger partial charge in [-0.1, -0.05) is 6.07 Å². The summed E-state index contributed by atoms with van der Waals surface area (Å²) in [6, 6.07) is 8.31. The maximum atomic E-state index is 12.4. The van der Waals surface area contributed by atoms with Crippen LogP contribution in [0.15, 0.2) is 53.7 Å². The number of non-ortho nitro benzene ring substituents is 1. The van der Waals surface area contributed by atoms with Crippen molar-refractivity contribution in [2.45, 2.75) is 24.3 Å². The monoisotopic (exact) mass is 392 g/mol. The molecular formula is C17H20N4O5S. The molecule has 144 valence electrons. The van der Waals surface area contributed by atoms with E-state index in [4.69, 9.17) is 0 Å². The molecule has 1 aromatic heterocycles. The number of sulfonamides is 1. The van der Waals surface area contributed by atoms with Crippen molar-refractivity contribution in [2.24, 2.45) is 0 Å². The zero-order valence-electron chi connectivity index (χ0n) is 14.7. The zero-order valence-corrected chi connectivity index (χ0v) is 15.6. The van der Waals surface area contributed by atoms with Gasteiger partial charge in [0, 0.05) is 51.1 Å². The van der Waals surface area contributed by atoms with Crippen LogP contribution in [0.4, 0.5) is 5.69 Å². The topological polar surface area (TPSA) is 123 Å². The van der Waals surface area contributed by atoms with Crippen LogP contribution in [-0.2, 0) is 21.4 Å². The lowest BCUT2D eigenvalue weighted by Crippen LogP contribution is -2.29. The molecule has 0 fully saturated rings. The Morgan fingerprint density at radius 3 is 2.56 bits per heavy atom. The summed E-state index contributed by atoms with van der Waals surface area (Å²) in [5.74, 6) is -0.181. The average Bonchev–Trinajstić information content (AvgIpc) is 2.67. The quantitative estimate of drug-likeness (QED) is 0.512. The summed E-state index contributed by atoms with van der Waals surface area (Å²) >= 11 is 0. The molecule has 10 heteroatoms. The van der Waals surface area contributed by atoms with Crippen LogP contribution in [0.2, 0.25) is 0 Å². The fraction of sp³-hybridized carbons (Fsp3) is 0.294. The lowest BCUT2D eigenvalue weighted by atomic mass is 10.2. The Bertz CT molecular complexity index is 885. The van der Waals surface area contributed by atoms with Crippen molar-refractivity contribution in [3.63, 3.8) is 0 Å². The lowest BCUT2D eigenvalue weighted by molar-refractivity contribution is -0.384. The summed E-state index contributed by atoms with van der Waals surface area (Å²) in [6.45, 7) is 0.517. The van der Waals surface area contributed by atoms with Gasteiger partial charge in [-0.2, -0.15) is 0 Å². The first-order chi connectivity index (χ1) is 12.8. The minimum Gasteiger partial charge on any atom is -0.352 e. The number of aromatic nitrogens is 1. The molecule has 0 spiro atoms. The van der Waals surface area contributed by atoms with Gasteiger partial charge < -0.3 is 5.32 Å². The molecule has 0 unspecified atom stereocenters. The van der Waals surface area contributed by atoms with E-state index in [2.05, 4.69) is 10.3 Å². The number of amides is 1. The minimum absolute atomic E-state index is 0.0309. The highest BCUT2D eigenvalue weighted by molar-refractivity contribution is 7.89. The Balaban J connectivity index is 1.82. The Labute approximate surface area is 157 Å². The van der Waals surface area contributed by atoms with E-state index in [-0.39, 0.29) is 29.5 Å². The van der Waals surface area contributed by atoms with Crippen LogP contribution >= 0.6 is 0 Å². The van der Waals surface area contributed by atoms with Gasteiger partial charge >= 0.3 is 0 Å². The number of carbonyl (C=O) groups excluding carboxylic acids is 1. The van der Waals surface area contributed by atoms with Crippen LogP contribution < -0.4 is 5.32 Å². The van der Waals surface area contributed by atoms with E-state index in [1.807, 2.05) is 6.07 Å². The molecule has 1 amide bonds. The fourth-order valence-electron chi connectivity index (χ4n) is 2.29. The average molecular weight is 392 g/mol. The first-order valence-electron chi connectivity index (χ1n) is 8.17. The summed E-state index contributed by atoms with van der Waals surface area (Å²) in [5, 5.41) is 13.4. The molecule has 1 heterocycles. The van der Waals surface area contributed by atoms with Gasteiger partial charge in [-0.25, -0.2) is 12.7 Å². The van der Waals surface area contributed by atoms with Gasteiger partial charge in [0.2, 0.25) is 15.9 Å². The predicted octanol–water partition coefficient (Wildman–Crippen LogP) is 1.71. The second kappa shape index (κ2) is 9.19. The number of nitro groups is 1. The highest BCUT2D eigenvalue weighted by atomic mass is 32.2. The predicted molar refractivity (Wildman–Crippen MR) is 98.2 cm³/mol. The first-order valence-corrected chi connectivity index (χ1v) is 9.61. The van der Waals surface area contributed by atoms with Gasteiger partial charge in [-0.15, -0.1) is 0 Å². The Morgan fingerprint density at radius 1 is 1.26 bits per heavy atom. The van der Waals surface area contributed by atoms with Crippen LogP contribution in [0, 0.1) is 10.1 Å². The van der Waals surface area contributed by atoms with Crippen molar-refractivity contribution >= 4 is 21.6 Å². The lowest BCUT2D eigenvalue weighted by Gasteiger charge is -2.17. The molecule has 9 nitrogen and oxygen atoms in total. The van der Waals surface area contributed by atoms with Gasteiger partial charge in [0.15, 0.2) is 0 Å². The van der Waals surface area contributed by atoms with Crippen molar-refractivity contribution < 1.29 is 18.1 Å². The van der Waals surface area contributed by atoms with Crippen LogP contribution in [0.1, 0.15) is 18.4 Å². The molecule has 0 aliphatic rings. The molecule has 0 atom stereocenters. The number of hydrogen-bond donors (Lipinski definition) is 1. The fourth-order valence-corrected chi connectivity index (χ4v) is 3.50. The molecular weight excluding hydrogens is 372 g/mol. The van der Waals surface area contributed by atoms with E-state index in [0.29, 0.717) is 13.0 Å². The molecule has 0 radical (unpaired) electrons. The van der Waals surface area contributed by atoms with Crippen LogP contribution in [0.5, 0.6) is 0 Å². The standard InChI is InChI=1S/C17H20N4O5S/c1-20(27(25,26)16-8-6-15(7-9-16)21(23)24)11-3-5-17(22)19-13-14-4-2-10-18-12-14/h2,4,6-10,12H,3,5,11,13H2,1H3,(H,19,22). The maximum Gasteiger partial charge on any atom is 0.269 e. The number of hydrogen-bond acceptors (Lipinski definition) is 6. The van der Waals surface area contributed by atoms with E-state index >= 15 is 0 Å². The zero-order chi connectivity index (χ0) is 19.9. The van der Waals surface area contributed by atoms with Crippen LogP contribution in [0.3, 0.4) is 0 Å². The summed E-state index contributed by atoms with van der Waals surface area (Å²) < 4.78 is 26.0. The van der Waals surface area contributed by atoms with Crippen LogP contribution in [0.25, 0.3) is 0 Å². The molecule has 0 aliphatic carbocycles. The number of nitrogens with zero attached hydrogens (tertiary/aromatic N) is 3. The molecule has 0 saturated carbocycles. The summed E-state index contributed by atoms with van der Waals surface area (Å²) in [6.07, 6.45) is 3.83. The first kappa shape index (κ1) is 20.5. The molecule has 1 N–H and O–H groups in total. The van der Waals surface area contributed by atoms with Gasteiger partial charge in [-0.3, -0.25) is 19.9 Å². The number of pyridine rings is 1. The van der Waals surface area contributed by atoms with E-state index in [9.17, 15) is 23.3 Å². The summed E-state index contributed by atoms with van der Waals surface area (Å²) in [4.78, 5) is 25.8. The highest BCUT2D eigenvalue weighted by Crippen LogP contribution is 2.19. The third-order valence-electron chi connectivity index (χ3n) is 3.85. The van der Waals surface area contributed by atoms with E-state index in [1.165, 1.54) is 19.2 Å². The number of rotatable bonds is 9. The maximum absolute atomic E-state index is 12.4. The number of nitrogens with one attached hydrogen (secondary N) is 1. The van der Waals surface area contributed by atoms with Crippen molar-refractivity contribution in [3.05, 3.63) is 64.5 Å². The molecule has 27 heavy (non-hydrogen) atoms. The third-order valence-corrected chi connectivity index (χ3v) is 5.72. The van der Waals surface area contributed by atoms with Gasteiger partial charge in [0.05, 0.1) is 9.82 Å². The third kappa shape index (κ3) is 5.83. The molecule has 2 rings (SSSR count). The van der Waals surface area contributed by atoms with Gasteiger partial charge in [0.1, 0.15) is 0 Å². The van der Waals surface area contributed by atoms with Gasteiger partial charge in [0.25, 0.3) is 5.69 Å². The second-order valence-electron chi connectivity index (χ2n) is 5.82. The molecule has 0 bridgehead atoms. The number of benzene rings is 1. The minimum atomic E-state index is -3.76. The Hall–Kier alpha value is -2.85. The van der Waals surface area contributed by atoms with E-state index in [1.54, 1.807) is 18.5 Å². The van der Waals surface area contributed by atoms with E-state index in [0.717, 1.165) is 22.0 Å². The number of carbonyl (C=O) groups is 1. The molecule has 1 aromatic carbocycles. The molecule has 0 aliphatic heterocycles. The Kier molecular flexibility index (Phi) is 6.97. The smallest absolute Gasteiger partial charge is 0.269 e. The highest BCUT2D eigenvalue weighted by Gasteiger charge is 2.21. The SMILES string of the molecule is CN(CCCC(=O)NCc1cccnc1)S(=O)(=O)c1ccc([N+](=O)[O-])cc1. The van der Waals surface area contributed by atoms with Gasteiger partial charge in [-0.05, 0) is 30.2 Å². The number of nitro benzene ring substituents is 1. The molecule has 2 aromatic rings. The molecule has 0 saturated heterocycles. The second-order valence-corrected chi connectivity index (χ2v) is 7.86. The van der Waals surface area contributed by atoms with E-state index < -0.39 is 14.9 Å². The van der Waals surface area contributed by atoms with Crippen molar-refractivity contribution in [1.82, 2.24) is 14.6 Å². The van der Waals surface area contributed by atoms with Crippen molar-refractivity contribution in [3.8, 4) is 0 Å². The largest absolute Gasteiger partial charge is 0.352 e. The van der Waals surface area contributed by atoms with Crippen LogP contribution in [-0.4, -0.2) is 42.1 Å². The van der Waals surface area contributed by atoms with Crippen molar-refractivity contribution in [1.29, 1.82) is 0 Å².